The number of hydrogen-bond donors (Lipinski definition) is 2. The van der Waals surface area contributed by atoms with Crippen LogP contribution in [0.1, 0.15) is 11.4 Å². The van der Waals surface area contributed by atoms with Crippen molar-refractivity contribution in [3.05, 3.63) is 48.2 Å². The summed E-state index contributed by atoms with van der Waals surface area (Å²) >= 11 is 0. The molecular weight excluding hydrogens is 271 g/mol. The van der Waals surface area contributed by atoms with Crippen LogP contribution in [0.25, 0.3) is 5.65 Å². The Morgan fingerprint density at radius 3 is 2.80 bits per heavy atom. The van der Waals surface area contributed by atoms with Crippen LogP contribution >= 0.6 is 0 Å². The molecule has 0 aliphatic carbocycles. The molecule has 2 aromatic heterocycles. The molecule has 1 aliphatic rings. The maximum atomic E-state index is 13.2. The second-order valence-corrected chi connectivity index (χ2v) is 4.43. The molecule has 0 bridgehead atoms. The van der Waals surface area contributed by atoms with E-state index in [-0.39, 0.29) is 17.9 Å². The van der Waals surface area contributed by atoms with Crippen LogP contribution in [0.4, 0.5) is 13.2 Å². The van der Waals surface area contributed by atoms with Gasteiger partial charge >= 0.3 is 6.18 Å². The van der Waals surface area contributed by atoms with Gasteiger partial charge in [0.2, 0.25) is 0 Å². The van der Waals surface area contributed by atoms with Crippen molar-refractivity contribution in [2.45, 2.75) is 19.0 Å². The molecule has 1 atom stereocenters. The van der Waals surface area contributed by atoms with Crippen LogP contribution in [0.2, 0.25) is 0 Å². The quantitative estimate of drug-likeness (QED) is 0.876. The average Bonchev–Trinajstić information content (AvgIpc) is 2.92. The molecule has 8 heteroatoms. The molecule has 1 unspecified atom stereocenters. The van der Waals surface area contributed by atoms with Gasteiger partial charge in [0.1, 0.15) is 5.65 Å². The molecule has 0 saturated heterocycles. The highest BCUT2D eigenvalue weighted by Crippen LogP contribution is 2.33. The molecule has 0 radical (unpaired) electrons. The van der Waals surface area contributed by atoms with Gasteiger partial charge in [0, 0.05) is 18.6 Å². The summed E-state index contributed by atoms with van der Waals surface area (Å²) in [6, 6.07) is 4.73. The van der Waals surface area contributed by atoms with Crippen LogP contribution in [0, 0.1) is 0 Å². The maximum Gasteiger partial charge on any atom is 0.433 e. The third kappa shape index (κ3) is 2.07. The first-order chi connectivity index (χ1) is 9.47. The lowest BCUT2D eigenvalue weighted by atomic mass is 10.3. The molecule has 3 rings (SSSR count). The summed E-state index contributed by atoms with van der Waals surface area (Å²) in [6.45, 7) is -0.0127. The van der Waals surface area contributed by atoms with Gasteiger partial charge in [-0.25, -0.2) is 4.98 Å². The number of hydrogen-bond acceptors (Lipinski definition) is 4. The Morgan fingerprint density at radius 2 is 2.15 bits per heavy atom. The van der Waals surface area contributed by atoms with Crippen molar-refractivity contribution in [2.75, 3.05) is 0 Å². The van der Waals surface area contributed by atoms with Gasteiger partial charge in [0.05, 0.1) is 12.2 Å². The van der Waals surface area contributed by atoms with Crippen molar-refractivity contribution in [2.24, 2.45) is 5.73 Å². The highest BCUT2D eigenvalue weighted by atomic mass is 19.4. The van der Waals surface area contributed by atoms with Crippen LogP contribution in [0.5, 0.6) is 0 Å². The van der Waals surface area contributed by atoms with E-state index in [1.54, 1.807) is 23.4 Å². The van der Waals surface area contributed by atoms with Crippen molar-refractivity contribution < 1.29 is 13.2 Å². The van der Waals surface area contributed by atoms with Gasteiger partial charge in [-0.2, -0.15) is 13.2 Å². The lowest BCUT2D eigenvalue weighted by Crippen LogP contribution is -2.42. The van der Waals surface area contributed by atoms with E-state index in [9.17, 15) is 13.2 Å². The molecular formula is C12H12F3N5. The van der Waals surface area contributed by atoms with E-state index in [2.05, 4.69) is 10.3 Å². The molecule has 106 valence electrons. The molecule has 0 spiro atoms. The summed E-state index contributed by atoms with van der Waals surface area (Å²) in [6.07, 6.45) is -0.465. The summed E-state index contributed by atoms with van der Waals surface area (Å²) < 4.78 is 40.8. The molecule has 1 aliphatic heterocycles. The summed E-state index contributed by atoms with van der Waals surface area (Å²) in [4.78, 5) is 5.61. The van der Waals surface area contributed by atoms with E-state index < -0.39 is 18.2 Å². The Labute approximate surface area is 112 Å². The van der Waals surface area contributed by atoms with Gasteiger partial charge < -0.3 is 10.2 Å². The summed E-state index contributed by atoms with van der Waals surface area (Å²) in [5.41, 5.74) is 5.17. The van der Waals surface area contributed by atoms with E-state index in [1.807, 2.05) is 0 Å². The number of pyridine rings is 1. The number of halogens is 3. The van der Waals surface area contributed by atoms with Gasteiger partial charge in [-0.1, -0.05) is 6.07 Å². The molecule has 0 saturated carbocycles. The minimum absolute atomic E-state index is 0.0127. The van der Waals surface area contributed by atoms with Crippen LogP contribution in [0.3, 0.4) is 0 Å². The number of nitrogens with one attached hydrogen (secondary N) is 1. The summed E-state index contributed by atoms with van der Waals surface area (Å²) in [5, 5.41) is 2.79. The average molecular weight is 283 g/mol. The first-order valence-corrected chi connectivity index (χ1v) is 5.94. The zero-order valence-corrected chi connectivity index (χ0v) is 10.3. The zero-order chi connectivity index (χ0) is 14.3. The molecule has 0 aromatic carbocycles. The normalized spacial score (nSPS) is 18.8. The smallest absolute Gasteiger partial charge is 0.358 e. The third-order valence-electron chi connectivity index (χ3n) is 3.09. The van der Waals surface area contributed by atoms with E-state index >= 15 is 0 Å². The Morgan fingerprint density at radius 1 is 1.35 bits per heavy atom. The van der Waals surface area contributed by atoms with Crippen molar-refractivity contribution in [1.29, 1.82) is 0 Å². The highest BCUT2D eigenvalue weighted by Gasteiger charge is 2.38. The maximum absolute atomic E-state index is 13.2. The standard InChI is InChI=1S/C12H12F3N5/c13-12(14,15)10-8(7-19-6-4-17-11(19)16)18-9-3-1-2-5-20(9)10/h1-6,11,17H,7,16H2. The fraction of sp³-hybridized carbons (Fsp3) is 0.250. The summed E-state index contributed by atoms with van der Waals surface area (Å²) in [5.74, 6) is 0. The fourth-order valence-electron chi connectivity index (χ4n) is 2.20. The van der Waals surface area contributed by atoms with Gasteiger partial charge in [0.15, 0.2) is 12.0 Å². The van der Waals surface area contributed by atoms with Crippen LogP contribution < -0.4 is 11.1 Å². The van der Waals surface area contributed by atoms with Gasteiger partial charge in [-0.05, 0) is 12.1 Å². The predicted octanol–water partition coefficient (Wildman–Crippen LogP) is 1.47. The Kier molecular flexibility index (Phi) is 2.82. The fourth-order valence-corrected chi connectivity index (χ4v) is 2.20. The molecule has 2 aromatic rings. The van der Waals surface area contributed by atoms with Gasteiger partial charge in [-0.15, -0.1) is 0 Å². The molecule has 20 heavy (non-hydrogen) atoms. The molecule has 3 N–H and O–H groups in total. The number of alkyl halides is 3. The van der Waals surface area contributed by atoms with Crippen LogP contribution in [-0.4, -0.2) is 20.6 Å². The van der Waals surface area contributed by atoms with Crippen molar-refractivity contribution in [3.8, 4) is 0 Å². The lowest BCUT2D eigenvalue weighted by Gasteiger charge is -2.21. The van der Waals surface area contributed by atoms with Crippen molar-refractivity contribution in [3.63, 3.8) is 0 Å². The number of nitrogens with zero attached hydrogens (tertiary/aromatic N) is 3. The second-order valence-electron chi connectivity index (χ2n) is 4.43. The number of rotatable bonds is 2. The largest absolute Gasteiger partial charge is 0.433 e. The molecule has 5 nitrogen and oxygen atoms in total. The number of imidazole rings is 1. The molecule has 3 heterocycles. The Hall–Kier alpha value is -2.22. The number of nitrogens with two attached hydrogens (primary N) is 1. The van der Waals surface area contributed by atoms with E-state index in [0.717, 1.165) is 4.40 Å². The SMILES string of the molecule is NC1NC=CN1Cc1nc2ccccn2c1C(F)(F)F. The monoisotopic (exact) mass is 283 g/mol. The van der Waals surface area contributed by atoms with Gasteiger partial charge in [0.25, 0.3) is 0 Å². The number of aromatic nitrogens is 2. The minimum Gasteiger partial charge on any atom is -0.358 e. The van der Waals surface area contributed by atoms with Crippen molar-refractivity contribution >= 4 is 5.65 Å². The van der Waals surface area contributed by atoms with Crippen LogP contribution in [-0.2, 0) is 12.7 Å². The zero-order valence-electron chi connectivity index (χ0n) is 10.3. The Bertz CT molecular complexity index is 661. The van der Waals surface area contributed by atoms with E-state index in [4.69, 9.17) is 5.73 Å². The van der Waals surface area contributed by atoms with Gasteiger partial charge in [-0.3, -0.25) is 10.1 Å². The molecule has 0 fully saturated rings. The van der Waals surface area contributed by atoms with Crippen molar-refractivity contribution in [1.82, 2.24) is 19.6 Å². The van der Waals surface area contributed by atoms with Crippen LogP contribution in [0.15, 0.2) is 36.8 Å². The lowest BCUT2D eigenvalue weighted by molar-refractivity contribution is -0.142. The molecule has 0 amide bonds. The topological polar surface area (TPSA) is 58.6 Å². The highest BCUT2D eigenvalue weighted by molar-refractivity contribution is 5.44. The minimum atomic E-state index is -4.48. The summed E-state index contributed by atoms with van der Waals surface area (Å²) in [7, 11) is 0. The predicted molar refractivity (Wildman–Crippen MR) is 66.0 cm³/mol. The second kappa shape index (κ2) is 4.41. The third-order valence-corrected chi connectivity index (χ3v) is 3.09. The first-order valence-electron chi connectivity index (χ1n) is 5.94. The van der Waals surface area contributed by atoms with E-state index in [1.165, 1.54) is 18.3 Å². The first kappa shape index (κ1) is 12.8. The number of fused-ring (bicyclic) bond motifs is 1. The van der Waals surface area contributed by atoms with E-state index in [0.29, 0.717) is 0 Å². The Balaban J connectivity index is 2.07.